The average Bonchev–Trinajstić information content (AvgIpc) is 2.72. The lowest BCUT2D eigenvalue weighted by Crippen LogP contribution is -1.84. The van der Waals surface area contributed by atoms with Crippen molar-refractivity contribution in [3.63, 3.8) is 0 Å². The number of aromatic nitrogens is 4. The summed E-state index contributed by atoms with van der Waals surface area (Å²) in [4.78, 5) is 0. The zero-order chi connectivity index (χ0) is 9.97. The van der Waals surface area contributed by atoms with E-state index in [4.69, 9.17) is 11.5 Å². The van der Waals surface area contributed by atoms with Gasteiger partial charge in [-0.2, -0.15) is 0 Å². The van der Waals surface area contributed by atoms with Gasteiger partial charge in [0.1, 0.15) is 0 Å². The zero-order valence-electron chi connectivity index (χ0n) is 6.65. The Bertz CT molecular complexity index is 415. The van der Waals surface area contributed by atoms with Crippen molar-refractivity contribution in [2.45, 2.75) is 0 Å². The van der Waals surface area contributed by atoms with Crippen molar-refractivity contribution < 1.29 is 9.26 Å². The molecule has 0 aliphatic heterocycles. The molecule has 72 valence electrons. The maximum absolute atomic E-state index is 5.31. The molecule has 0 spiro atoms. The van der Waals surface area contributed by atoms with Gasteiger partial charge in [-0.15, -0.1) is 10.2 Å². The first-order chi connectivity index (χ1) is 6.77. The summed E-state index contributed by atoms with van der Waals surface area (Å²) in [5, 5.41) is 20.4. The lowest BCUT2D eigenvalue weighted by Gasteiger charge is -1.82. The Morgan fingerprint density at radius 1 is 0.786 bits per heavy atom. The number of hydrogen-bond acceptors (Lipinski definition) is 10. The maximum atomic E-state index is 5.31. The van der Waals surface area contributed by atoms with Gasteiger partial charge >= 0.3 is 0 Å². The van der Waals surface area contributed by atoms with Crippen LogP contribution in [0.25, 0.3) is 0 Å². The smallest absolute Gasteiger partial charge is 0.261 e. The van der Waals surface area contributed by atoms with Crippen molar-refractivity contribution in [2.75, 3.05) is 11.5 Å². The molecule has 0 aromatic carbocycles. The van der Waals surface area contributed by atoms with E-state index in [0.29, 0.717) is 0 Å². The number of azo groups is 1. The number of hydrogen-bond donors (Lipinski definition) is 2. The van der Waals surface area contributed by atoms with Gasteiger partial charge < -0.3 is 11.5 Å². The number of anilines is 2. The van der Waals surface area contributed by atoms with E-state index in [9.17, 15) is 0 Å². The highest BCUT2D eigenvalue weighted by atomic mass is 16.6. The van der Waals surface area contributed by atoms with Crippen LogP contribution in [0.5, 0.6) is 0 Å². The summed E-state index contributed by atoms with van der Waals surface area (Å²) >= 11 is 0. The molecule has 4 N–H and O–H groups in total. The van der Waals surface area contributed by atoms with E-state index in [2.05, 4.69) is 40.1 Å². The SMILES string of the molecule is Nc1nonc1/N=N/c1nonc1N. The topological polar surface area (TPSA) is 155 Å². The van der Waals surface area contributed by atoms with E-state index >= 15 is 0 Å². The largest absolute Gasteiger partial charge is 0.378 e. The number of nitrogen functional groups attached to an aromatic ring is 2. The molecule has 0 unspecified atom stereocenters. The highest BCUT2D eigenvalue weighted by molar-refractivity contribution is 5.51. The van der Waals surface area contributed by atoms with Gasteiger partial charge in [-0.1, -0.05) is 0 Å². The molecule has 2 heterocycles. The Morgan fingerprint density at radius 2 is 1.21 bits per heavy atom. The quantitative estimate of drug-likeness (QED) is 0.637. The van der Waals surface area contributed by atoms with Gasteiger partial charge in [0, 0.05) is 0 Å². The normalized spacial score (nSPS) is 11.1. The van der Waals surface area contributed by atoms with Crippen LogP contribution in [0.2, 0.25) is 0 Å². The number of rotatable bonds is 2. The minimum absolute atomic E-state index is 0.0174. The number of nitrogens with two attached hydrogens (primary N) is 2. The van der Waals surface area contributed by atoms with Crippen LogP contribution in [-0.4, -0.2) is 20.6 Å². The fourth-order valence-corrected chi connectivity index (χ4v) is 0.615. The Hall–Kier alpha value is -2.52. The third-order valence-corrected chi connectivity index (χ3v) is 1.23. The summed E-state index contributed by atoms with van der Waals surface area (Å²) in [7, 11) is 0. The molecule has 0 bridgehead atoms. The predicted octanol–water partition coefficient (Wildman–Crippen LogP) is 0.0324. The van der Waals surface area contributed by atoms with Crippen molar-refractivity contribution in [3.8, 4) is 0 Å². The van der Waals surface area contributed by atoms with Gasteiger partial charge in [-0.25, -0.2) is 9.26 Å². The fraction of sp³-hybridized carbons (Fsp3) is 0. The summed E-state index contributed by atoms with van der Waals surface area (Å²) in [6, 6.07) is 0. The van der Waals surface area contributed by atoms with Crippen LogP contribution < -0.4 is 11.5 Å². The molecular weight excluding hydrogens is 192 g/mol. The first-order valence-electron chi connectivity index (χ1n) is 3.35. The van der Waals surface area contributed by atoms with Crippen LogP contribution in [0.4, 0.5) is 23.3 Å². The summed E-state index contributed by atoms with van der Waals surface area (Å²) in [5.41, 5.74) is 10.6. The minimum Gasteiger partial charge on any atom is -0.378 e. The van der Waals surface area contributed by atoms with E-state index in [1.807, 2.05) is 0 Å². The van der Waals surface area contributed by atoms with Gasteiger partial charge in [-0.3, -0.25) is 0 Å². The summed E-state index contributed by atoms with van der Waals surface area (Å²) in [5.74, 6) is 0.104. The zero-order valence-corrected chi connectivity index (χ0v) is 6.65. The van der Waals surface area contributed by atoms with E-state index in [0.717, 1.165) is 0 Å². The average molecular weight is 196 g/mol. The second-order valence-corrected chi connectivity index (χ2v) is 2.15. The number of nitrogens with zero attached hydrogens (tertiary/aromatic N) is 6. The molecule has 0 amide bonds. The van der Waals surface area contributed by atoms with Gasteiger partial charge in [0.2, 0.25) is 11.6 Å². The van der Waals surface area contributed by atoms with E-state index in [1.165, 1.54) is 0 Å². The van der Waals surface area contributed by atoms with Gasteiger partial charge in [-0.05, 0) is 20.6 Å². The molecule has 2 aromatic heterocycles. The van der Waals surface area contributed by atoms with Gasteiger partial charge in [0.25, 0.3) is 11.6 Å². The van der Waals surface area contributed by atoms with E-state index in [-0.39, 0.29) is 23.3 Å². The third kappa shape index (κ3) is 1.35. The van der Waals surface area contributed by atoms with E-state index < -0.39 is 0 Å². The van der Waals surface area contributed by atoms with Crippen LogP contribution in [0.15, 0.2) is 19.5 Å². The van der Waals surface area contributed by atoms with Gasteiger partial charge in [0.05, 0.1) is 0 Å². The Morgan fingerprint density at radius 3 is 1.50 bits per heavy atom. The highest BCUT2D eigenvalue weighted by Crippen LogP contribution is 2.21. The molecule has 0 saturated heterocycles. The molecular formula is C4H4N8O2. The molecule has 10 heteroatoms. The molecule has 14 heavy (non-hydrogen) atoms. The third-order valence-electron chi connectivity index (χ3n) is 1.23. The maximum Gasteiger partial charge on any atom is 0.261 e. The molecule has 0 saturated carbocycles. The van der Waals surface area contributed by atoms with Crippen LogP contribution in [0, 0.1) is 0 Å². The van der Waals surface area contributed by atoms with Crippen molar-refractivity contribution >= 4 is 23.3 Å². The highest BCUT2D eigenvalue weighted by Gasteiger charge is 2.07. The molecule has 0 radical (unpaired) electrons. The Kier molecular flexibility index (Phi) is 1.78. The van der Waals surface area contributed by atoms with Crippen LogP contribution in [-0.2, 0) is 0 Å². The molecule has 0 aliphatic rings. The summed E-state index contributed by atoms with van der Waals surface area (Å²) in [6.07, 6.45) is 0. The molecule has 0 aliphatic carbocycles. The fourth-order valence-electron chi connectivity index (χ4n) is 0.615. The molecule has 10 nitrogen and oxygen atoms in total. The second-order valence-electron chi connectivity index (χ2n) is 2.15. The molecule has 0 fully saturated rings. The van der Waals surface area contributed by atoms with E-state index in [1.54, 1.807) is 0 Å². The molecule has 0 atom stereocenters. The Labute approximate surface area is 75.9 Å². The first kappa shape index (κ1) is 8.10. The van der Waals surface area contributed by atoms with Crippen molar-refractivity contribution in [1.29, 1.82) is 0 Å². The van der Waals surface area contributed by atoms with Crippen molar-refractivity contribution in [1.82, 2.24) is 20.6 Å². The van der Waals surface area contributed by atoms with Crippen LogP contribution >= 0.6 is 0 Å². The van der Waals surface area contributed by atoms with Crippen LogP contribution in [0.3, 0.4) is 0 Å². The minimum atomic E-state index is 0.0174. The second kappa shape index (κ2) is 3.08. The summed E-state index contributed by atoms with van der Waals surface area (Å²) < 4.78 is 8.55. The summed E-state index contributed by atoms with van der Waals surface area (Å²) in [6.45, 7) is 0. The Balaban J connectivity index is 2.23. The predicted molar refractivity (Wildman–Crippen MR) is 41.6 cm³/mol. The van der Waals surface area contributed by atoms with Crippen molar-refractivity contribution in [3.05, 3.63) is 0 Å². The lowest BCUT2D eigenvalue weighted by molar-refractivity contribution is 0.309. The van der Waals surface area contributed by atoms with Gasteiger partial charge in [0.15, 0.2) is 0 Å². The van der Waals surface area contributed by atoms with Crippen molar-refractivity contribution in [2.24, 2.45) is 10.2 Å². The lowest BCUT2D eigenvalue weighted by atomic mass is 10.7. The van der Waals surface area contributed by atoms with Crippen LogP contribution in [0.1, 0.15) is 0 Å². The molecule has 2 aromatic rings. The standard InChI is InChI=1S/C4H4N8O2/c5-1-3(11-13-9-1)7-8-4-2(6)10-14-12-4/h(H2,5,9)(H2,6,10)/b8-7+. The first-order valence-corrected chi connectivity index (χ1v) is 3.35. The monoisotopic (exact) mass is 196 g/mol. The molecule has 2 rings (SSSR count).